The van der Waals surface area contributed by atoms with Gasteiger partial charge < -0.3 is 24.6 Å². The van der Waals surface area contributed by atoms with E-state index < -0.39 is 0 Å². The third-order valence-electron chi connectivity index (χ3n) is 5.38. The lowest BCUT2D eigenvalue weighted by Gasteiger charge is -2.37. The Morgan fingerprint density at radius 3 is 2.54 bits per heavy atom. The summed E-state index contributed by atoms with van der Waals surface area (Å²) in [6.07, 6.45) is 0. The summed E-state index contributed by atoms with van der Waals surface area (Å²) in [5.41, 5.74) is 2.37. The van der Waals surface area contributed by atoms with Gasteiger partial charge in [0.2, 0.25) is 0 Å². The molecular formula is C21H37N5O2. The summed E-state index contributed by atoms with van der Waals surface area (Å²) in [4.78, 5) is 11.9. The first kappa shape index (κ1) is 22.3. The van der Waals surface area contributed by atoms with E-state index in [4.69, 9.17) is 14.5 Å². The van der Waals surface area contributed by atoms with E-state index >= 15 is 0 Å². The molecule has 0 spiro atoms. The number of nitrogens with one attached hydrogen (secondary N) is 1. The molecule has 0 amide bonds. The standard InChI is InChI=1S/C21H37N5O2/c1-8-22-21(23-13-18-15-24(3)9-10-25(18)4)26(5)14-17-12-20(28-7)19(27-6)11-16(17)2/h11-12,18H,8-10,13-15H2,1-7H3,(H,22,23). The van der Waals surface area contributed by atoms with E-state index in [-0.39, 0.29) is 0 Å². The van der Waals surface area contributed by atoms with Gasteiger partial charge in [0.15, 0.2) is 17.5 Å². The molecule has 1 saturated heterocycles. The topological polar surface area (TPSA) is 52.6 Å². The van der Waals surface area contributed by atoms with Crippen molar-refractivity contribution < 1.29 is 9.47 Å². The van der Waals surface area contributed by atoms with Gasteiger partial charge in [-0.3, -0.25) is 9.89 Å². The average Bonchev–Trinajstić information content (AvgIpc) is 2.68. The third kappa shape index (κ3) is 5.75. The minimum atomic E-state index is 0.448. The zero-order chi connectivity index (χ0) is 20.7. The largest absolute Gasteiger partial charge is 0.493 e. The Balaban J connectivity index is 2.13. The Morgan fingerprint density at radius 1 is 1.21 bits per heavy atom. The second-order valence-electron chi connectivity index (χ2n) is 7.58. The van der Waals surface area contributed by atoms with Crippen LogP contribution in [0.15, 0.2) is 17.1 Å². The average molecular weight is 392 g/mol. The monoisotopic (exact) mass is 391 g/mol. The van der Waals surface area contributed by atoms with Crippen LogP contribution < -0.4 is 14.8 Å². The molecule has 1 atom stereocenters. The Morgan fingerprint density at radius 2 is 1.89 bits per heavy atom. The van der Waals surface area contributed by atoms with Gasteiger partial charge in [-0.05, 0) is 51.2 Å². The predicted octanol–water partition coefficient (Wildman–Crippen LogP) is 1.66. The molecule has 1 aliphatic rings. The van der Waals surface area contributed by atoms with E-state index in [0.717, 1.165) is 56.7 Å². The van der Waals surface area contributed by atoms with Gasteiger partial charge in [-0.2, -0.15) is 0 Å². The predicted molar refractivity (Wildman–Crippen MR) is 116 cm³/mol. The van der Waals surface area contributed by atoms with Crippen LogP contribution in [0.4, 0.5) is 0 Å². The molecule has 0 aliphatic carbocycles. The maximum absolute atomic E-state index is 5.47. The third-order valence-corrected chi connectivity index (χ3v) is 5.38. The first-order valence-corrected chi connectivity index (χ1v) is 9.99. The van der Waals surface area contributed by atoms with Crippen LogP contribution in [-0.4, -0.2) is 94.8 Å². The Kier molecular flexibility index (Phi) is 8.38. The number of likely N-dealkylation sites (N-methyl/N-ethyl adjacent to an activating group) is 2. The molecular weight excluding hydrogens is 354 g/mol. The summed E-state index contributed by atoms with van der Waals surface area (Å²) in [5.74, 6) is 2.44. The number of methoxy groups -OCH3 is 2. The minimum absolute atomic E-state index is 0.448. The molecule has 1 heterocycles. The van der Waals surface area contributed by atoms with Crippen LogP contribution in [0.3, 0.4) is 0 Å². The van der Waals surface area contributed by atoms with E-state index in [2.05, 4.69) is 61.1 Å². The highest BCUT2D eigenvalue weighted by Gasteiger charge is 2.22. The molecule has 7 heteroatoms. The second kappa shape index (κ2) is 10.5. The molecule has 1 aliphatic heterocycles. The SMILES string of the molecule is CCNC(=NCC1CN(C)CCN1C)N(C)Cc1cc(OC)c(OC)cc1C. The molecule has 1 aromatic carbocycles. The lowest BCUT2D eigenvalue weighted by atomic mass is 10.1. The normalized spacial score (nSPS) is 18.8. The van der Waals surface area contributed by atoms with Gasteiger partial charge in [0.05, 0.1) is 20.8 Å². The van der Waals surface area contributed by atoms with Gasteiger partial charge in [0.1, 0.15) is 0 Å². The number of benzene rings is 1. The van der Waals surface area contributed by atoms with Gasteiger partial charge in [0.25, 0.3) is 0 Å². The highest BCUT2D eigenvalue weighted by molar-refractivity contribution is 5.79. The maximum Gasteiger partial charge on any atom is 0.194 e. The van der Waals surface area contributed by atoms with Gasteiger partial charge in [-0.15, -0.1) is 0 Å². The zero-order valence-corrected chi connectivity index (χ0v) is 18.6. The summed E-state index contributed by atoms with van der Waals surface area (Å²) < 4.78 is 10.9. The molecule has 7 nitrogen and oxygen atoms in total. The summed E-state index contributed by atoms with van der Waals surface area (Å²) in [6.45, 7) is 9.85. The van der Waals surface area contributed by atoms with Crippen molar-refractivity contribution in [2.75, 3.05) is 68.1 Å². The smallest absolute Gasteiger partial charge is 0.194 e. The van der Waals surface area contributed by atoms with Crippen molar-refractivity contribution in [1.29, 1.82) is 0 Å². The van der Waals surface area contributed by atoms with Crippen LogP contribution in [0.25, 0.3) is 0 Å². The summed E-state index contributed by atoms with van der Waals surface area (Å²) in [7, 11) is 9.79. The summed E-state index contributed by atoms with van der Waals surface area (Å²) in [5, 5.41) is 3.43. The molecule has 1 N–H and O–H groups in total. The lowest BCUT2D eigenvalue weighted by molar-refractivity contribution is 0.119. The van der Waals surface area contributed by atoms with Gasteiger partial charge >= 0.3 is 0 Å². The van der Waals surface area contributed by atoms with E-state index in [9.17, 15) is 0 Å². The molecule has 0 radical (unpaired) electrons. The molecule has 0 aromatic heterocycles. The van der Waals surface area contributed by atoms with Gasteiger partial charge in [-0.1, -0.05) is 0 Å². The quantitative estimate of drug-likeness (QED) is 0.564. The van der Waals surface area contributed by atoms with Crippen LogP contribution in [0.1, 0.15) is 18.1 Å². The molecule has 2 rings (SSSR count). The minimum Gasteiger partial charge on any atom is -0.493 e. The van der Waals surface area contributed by atoms with E-state index in [1.165, 1.54) is 11.1 Å². The second-order valence-corrected chi connectivity index (χ2v) is 7.58. The Labute approximate surface area is 170 Å². The molecule has 28 heavy (non-hydrogen) atoms. The molecule has 1 unspecified atom stereocenters. The van der Waals surface area contributed by atoms with E-state index in [1.807, 2.05) is 6.07 Å². The summed E-state index contributed by atoms with van der Waals surface area (Å²) >= 11 is 0. The van der Waals surface area contributed by atoms with Crippen molar-refractivity contribution in [1.82, 2.24) is 20.0 Å². The number of piperazine rings is 1. The fourth-order valence-corrected chi connectivity index (χ4v) is 3.48. The first-order valence-electron chi connectivity index (χ1n) is 9.99. The number of aryl methyl sites for hydroxylation is 1. The maximum atomic E-state index is 5.47. The lowest BCUT2D eigenvalue weighted by Crippen LogP contribution is -2.51. The number of nitrogens with zero attached hydrogens (tertiary/aromatic N) is 4. The van der Waals surface area contributed by atoms with Crippen LogP contribution >= 0.6 is 0 Å². The number of hydrogen-bond acceptors (Lipinski definition) is 5. The fraction of sp³-hybridized carbons (Fsp3) is 0.667. The van der Waals surface area contributed by atoms with Crippen molar-refractivity contribution in [3.05, 3.63) is 23.3 Å². The van der Waals surface area contributed by atoms with E-state index in [1.54, 1.807) is 14.2 Å². The van der Waals surface area contributed by atoms with Crippen LogP contribution in [0.5, 0.6) is 11.5 Å². The Bertz CT molecular complexity index is 664. The first-order chi connectivity index (χ1) is 13.4. The van der Waals surface area contributed by atoms with Crippen molar-refractivity contribution in [2.24, 2.45) is 4.99 Å². The number of rotatable bonds is 7. The molecule has 1 aromatic rings. The molecule has 158 valence electrons. The molecule has 1 fully saturated rings. The summed E-state index contributed by atoms with van der Waals surface area (Å²) in [6, 6.07) is 4.53. The Hall–Kier alpha value is -1.99. The van der Waals surface area contributed by atoms with Crippen LogP contribution in [-0.2, 0) is 6.54 Å². The highest BCUT2D eigenvalue weighted by Crippen LogP contribution is 2.30. The van der Waals surface area contributed by atoms with E-state index in [0.29, 0.717) is 6.04 Å². The number of ether oxygens (including phenoxy) is 2. The number of hydrogen-bond donors (Lipinski definition) is 1. The van der Waals surface area contributed by atoms with Crippen LogP contribution in [0, 0.1) is 6.92 Å². The van der Waals surface area contributed by atoms with Crippen molar-refractivity contribution in [2.45, 2.75) is 26.4 Å². The number of guanidine groups is 1. The molecule has 0 bridgehead atoms. The molecule has 0 saturated carbocycles. The number of aliphatic imine (C=N–C) groups is 1. The van der Waals surface area contributed by atoms with Crippen molar-refractivity contribution in [3.8, 4) is 11.5 Å². The van der Waals surface area contributed by atoms with Crippen molar-refractivity contribution in [3.63, 3.8) is 0 Å². The van der Waals surface area contributed by atoms with Crippen molar-refractivity contribution >= 4 is 5.96 Å². The van der Waals surface area contributed by atoms with Gasteiger partial charge in [0, 0.05) is 45.8 Å². The van der Waals surface area contributed by atoms with Gasteiger partial charge in [-0.25, -0.2) is 0 Å². The zero-order valence-electron chi connectivity index (χ0n) is 18.6. The fourth-order valence-electron chi connectivity index (χ4n) is 3.48. The van der Waals surface area contributed by atoms with Crippen LogP contribution in [0.2, 0.25) is 0 Å². The highest BCUT2D eigenvalue weighted by atomic mass is 16.5.